The highest BCUT2D eigenvalue weighted by Crippen LogP contribution is 2.23. The zero-order valence-electron chi connectivity index (χ0n) is 14.5. The minimum atomic E-state index is -1.02. The van der Waals surface area contributed by atoms with E-state index in [9.17, 15) is 14.8 Å². The van der Waals surface area contributed by atoms with Gasteiger partial charge in [0.25, 0.3) is 5.56 Å². The van der Waals surface area contributed by atoms with Crippen LogP contribution in [0.4, 0.5) is 0 Å². The Balaban J connectivity index is 1.87. The van der Waals surface area contributed by atoms with Crippen LogP contribution in [0.25, 0.3) is 22.2 Å². The quantitative estimate of drug-likeness (QED) is 0.431. The van der Waals surface area contributed by atoms with Crippen molar-refractivity contribution in [3.63, 3.8) is 0 Å². The molecule has 0 saturated heterocycles. The predicted molar refractivity (Wildman–Crippen MR) is 101 cm³/mol. The molecule has 8 nitrogen and oxygen atoms in total. The predicted octanol–water partition coefficient (Wildman–Crippen LogP) is 1.84. The van der Waals surface area contributed by atoms with Crippen LogP contribution >= 0.6 is 0 Å². The molecule has 0 aliphatic rings. The maximum absolute atomic E-state index is 12.8. The van der Waals surface area contributed by atoms with Gasteiger partial charge in [-0.05, 0) is 29.8 Å². The van der Waals surface area contributed by atoms with Crippen LogP contribution in [0, 0.1) is 5.21 Å². The van der Waals surface area contributed by atoms with Crippen LogP contribution in [0.2, 0.25) is 0 Å². The van der Waals surface area contributed by atoms with Gasteiger partial charge in [-0.3, -0.25) is 9.78 Å². The van der Waals surface area contributed by atoms with Gasteiger partial charge in [-0.2, -0.15) is 9.83 Å². The van der Waals surface area contributed by atoms with Crippen molar-refractivity contribution in [1.82, 2.24) is 14.8 Å². The van der Waals surface area contributed by atoms with Crippen molar-refractivity contribution >= 4 is 16.9 Å². The molecule has 0 amide bonds. The van der Waals surface area contributed by atoms with Crippen LogP contribution in [0.15, 0.2) is 71.9 Å². The van der Waals surface area contributed by atoms with E-state index in [-0.39, 0.29) is 17.7 Å². The molecule has 0 aliphatic heterocycles. The molecule has 4 rings (SSSR count). The molecule has 138 valence electrons. The van der Waals surface area contributed by atoms with Crippen molar-refractivity contribution < 1.29 is 14.6 Å². The molecule has 0 saturated carbocycles. The number of aromatic carboxylic acids is 1. The fourth-order valence-corrected chi connectivity index (χ4v) is 2.91. The Kier molecular flexibility index (Phi) is 4.29. The molecule has 0 radical (unpaired) electrons. The third kappa shape index (κ3) is 3.18. The van der Waals surface area contributed by atoms with Crippen LogP contribution in [-0.2, 0) is 6.54 Å². The summed E-state index contributed by atoms with van der Waals surface area (Å²) in [5, 5.41) is 25.2. The molecule has 8 heteroatoms. The third-order valence-electron chi connectivity index (χ3n) is 4.33. The SMILES string of the molecule is O=C(O)c1ccc(-c2nn(Cc3cc[n+]([O-])cc3)c(=O)c3cccnc23)cc1. The molecule has 0 atom stereocenters. The lowest BCUT2D eigenvalue weighted by atomic mass is 10.1. The van der Waals surface area contributed by atoms with Crippen LogP contribution in [0.3, 0.4) is 0 Å². The minimum Gasteiger partial charge on any atom is -0.619 e. The van der Waals surface area contributed by atoms with Crippen LogP contribution < -0.4 is 10.3 Å². The lowest BCUT2D eigenvalue weighted by Crippen LogP contribution is -2.27. The van der Waals surface area contributed by atoms with Gasteiger partial charge in [0.2, 0.25) is 0 Å². The topological polar surface area (TPSA) is 112 Å². The molecule has 1 aromatic carbocycles. The number of hydrogen-bond acceptors (Lipinski definition) is 5. The number of pyridine rings is 2. The van der Waals surface area contributed by atoms with Crippen LogP contribution in [-0.4, -0.2) is 25.8 Å². The van der Waals surface area contributed by atoms with E-state index in [1.807, 2.05) is 0 Å². The first-order chi connectivity index (χ1) is 13.5. The van der Waals surface area contributed by atoms with Crippen molar-refractivity contribution in [2.45, 2.75) is 6.54 Å². The number of carboxylic acid groups (broad SMARTS) is 1. The summed E-state index contributed by atoms with van der Waals surface area (Å²) in [6, 6.07) is 12.8. The molecule has 0 fully saturated rings. The zero-order valence-corrected chi connectivity index (χ0v) is 14.5. The number of benzene rings is 1. The summed E-state index contributed by atoms with van der Waals surface area (Å²) >= 11 is 0. The van der Waals surface area contributed by atoms with Crippen molar-refractivity contribution in [1.29, 1.82) is 0 Å². The molecule has 0 unspecified atom stereocenters. The summed E-state index contributed by atoms with van der Waals surface area (Å²) in [7, 11) is 0. The van der Waals surface area contributed by atoms with Crippen molar-refractivity contribution in [2.75, 3.05) is 0 Å². The monoisotopic (exact) mass is 374 g/mol. The smallest absolute Gasteiger partial charge is 0.335 e. The van der Waals surface area contributed by atoms with Crippen molar-refractivity contribution in [2.24, 2.45) is 0 Å². The Bertz CT molecular complexity index is 1230. The summed E-state index contributed by atoms with van der Waals surface area (Å²) in [4.78, 5) is 28.2. The zero-order chi connectivity index (χ0) is 19.7. The molecule has 1 N–H and O–H groups in total. The first kappa shape index (κ1) is 17.3. The maximum atomic E-state index is 12.8. The second-order valence-electron chi connectivity index (χ2n) is 6.16. The number of rotatable bonds is 4. The summed E-state index contributed by atoms with van der Waals surface area (Å²) in [5.74, 6) is -1.02. The van der Waals surface area contributed by atoms with Gasteiger partial charge in [0.1, 0.15) is 11.2 Å². The summed E-state index contributed by atoms with van der Waals surface area (Å²) in [5.41, 5.74) is 2.17. The summed E-state index contributed by atoms with van der Waals surface area (Å²) in [6.45, 7) is 0.185. The van der Waals surface area contributed by atoms with E-state index in [0.29, 0.717) is 26.9 Å². The van der Waals surface area contributed by atoms with E-state index >= 15 is 0 Å². The highest BCUT2D eigenvalue weighted by molar-refractivity contribution is 5.92. The lowest BCUT2D eigenvalue weighted by Gasteiger charge is -2.11. The van der Waals surface area contributed by atoms with Gasteiger partial charge in [0.15, 0.2) is 12.4 Å². The van der Waals surface area contributed by atoms with Gasteiger partial charge in [-0.15, -0.1) is 0 Å². The second kappa shape index (κ2) is 6.92. The Morgan fingerprint density at radius 2 is 1.82 bits per heavy atom. The first-order valence-corrected chi connectivity index (χ1v) is 8.40. The van der Waals surface area contributed by atoms with Crippen molar-refractivity contribution in [3.05, 3.63) is 93.8 Å². The van der Waals surface area contributed by atoms with E-state index in [1.54, 1.807) is 42.6 Å². The minimum absolute atomic E-state index is 0.157. The number of carboxylic acids is 1. The van der Waals surface area contributed by atoms with E-state index in [4.69, 9.17) is 5.11 Å². The van der Waals surface area contributed by atoms with Crippen LogP contribution in [0.1, 0.15) is 15.9 Å². The van der Waals surface area contributed by atoms with Gasteiger partial charge in [-0.1, -0.05) is 12.1 Å². The first-order valence-electron chi connectivity index (χ1n) is 8.40. The van der Waals surface area contributed by atoms with Gasteiger partial charge in [0.05, 0.1) is 17.5 Å². The molecular weight excluding hydrogens is 360 g/mol. The standard InChI is InChI=1S/C20H14N4O4/c25-19-16-2-1-9-21-18(16)17(14-3-5-15(6-4-14)20(26)27)22-24(19)12-13-7-10-23(28)11-8-13/h1-11H,12H2,(H,26,27). The number of fused-ring (bicyclic) bond motifs is 1. The third-order valence-corrected chi connectivity index (χ3v) is 4.33. The van der Waals surface area contributed by atoms with Gasteiger partial charge < -0.3 is 10.3 Å². The molecule has 0 aliphatic carbocycles. The maximum Gasteiger partial charge on any atom is 0.335 e. The fraction of sp³-hybridized carbons (Fsp3) is 0.0500. The Morgan fingerprint density at radius 3 is 2.50 bits per heavy atom. The molecule has 0 bridgehead atoms. The highest BCUT2D eigenvalue weighted by atomic mass is 16.5. The van der Waals surface area contributed by atoms with Crippen LogP contribution in [0.5, 0.6) is 0 Å². The number of aromatic nitrogens is 4. The largest absolute Gasteiger partial charge is 0.619 e. The molecule has 4 aromatic rings. The Morgan fingerprint density at radius 1 is 1.11 bits per heavy atom. The summed E-state index contributed by atoms with van der Waals surface area (Å²) < 4.78 is 1.98. The number of hydrogen-bond donors (Lipinski definition) is 1. The molecule has 28 heavy (non-hydrogen) atoms. The Hall–Kier alpha value is -4.07. The number of nitrogens with zero attached hydrogens (tertiary/aromatic N) is 4. The fourth-order valence-electron chi connectivity index (χ4n) is 2.91. The van der Waals surface area contributed by atoms with E-state index in [1.165, 1.54) is 29.2 Å². The average Bonchev–Trinajstić information content (AvgIpc) is 2.72. The molecule has 3 aromatic heterocycles. The lowest BCUT2D eigenvalue weighted by molar-refractivity contribution is -0.605. The van der Waals surface area contributed by atoms with E-state index < -0.39 is 5.97 Å². The van der Waals surface area contributed by atoms with Crippen molar-refractivity contribution in [3.8, 4) is 11.3 Å². The van der Waals surface area contributed by atoms with Gasteiger partial charge >= 0.3 is 5.97 Å². The molecular formula is C20H14N4O4. The molecule has 0 spiro atoms. The number of carbonyl (C=O) groups is 1. The van der Waals surface area contributed by atoms with E-state index in [2.05, 4.69) is 10.1 Å². The second-order valence-corrected chi connectivity index (χ2v) is 6.16. The van der Waals surface area contributed by atoms with E-state index in [0.717, 1.165) is 5.56 Å². The Labute approximate surface area is 158 Å². The van der Waals surface area contributed by atoms with Gasteiger partial charge in [-0.25, -0.2) is 9.48 Å². The molecule has 3 heterocycles. The average molecular weight is 374 g/mol. The summed E-state index contributed by atoms with van der Waals surface area (Å²) in [6.07, 6.45) is 4.29. The normalized spacial score (nSPS) is 10.9. The van der Waals surface area contributed by atoms with Gasteiger partial charge in [0, 0.05) is 23.9 Å². The highest BCUT2D eigenvalue weighted by Gasteiger charge is 2.14.